The first-order chi connectivity index (χ1) is 40.6. The molecule has 6 aliphatic rings. The molecule has 3 fully saturated rings. The lowest BCUT2D eigenvalue weighted by Crippen LogP contribution is -2.54. The third-order valence-corrected chi connectivity index (χ3v) is 19.8. The van der Waals surface area contributed by atoms with Crippen LogP contribution in [0.3, 0.4) is 0 Å². The quantitative estimate of drug-likeness (QED) is 0.0700. The third-order valence-electron chi connectivity index (χ3n) is 18.4. The highest BCUT2D eigenvalue weighted by Crippen LogP contribution is 2.49. The van der Waals surface area contributed by atoms with Crippen molar-refractivity contribution in [2.45, 2.75) is 102 Å². The summed E-state index contributed by atoms with van der Waals surface area (Å²) < 4.78 is 82.2. The number of thiophene rings is 1. The number of pyridine rings is 2. The molecule has 9 heterocycles. The number of nitrogens with two attached hydrogens (primary N) is 1. The second kappa shape index (κ2) is 20.7. The predicted octanol–water partition coefficient (Wildman–Crippen LogP) is 9.08. The fourth-order valence-electron chi connectivity index (χ4n) is 14.1. The molecule has 24 heteroatoms. The highest BCUT2D eigenvalue weighted by molar-refractivity contribution is 7.23. The minimum atomic E-state index is -2.05. The SMILES string of the molecule is C=C(COC(=O)N(C)CC1CCc2c(C)c(F)cc3nc4c(c1c23)Cn1c-4cc2c(c1=O)COC(=O)[C@]2(O)CC)C(=O)N1CCN(c2nc(OC[C@@]34CCCN3C[C@H](F)C4)nc3c(F)c(-c4ccc(F)c5sc(N)c(C#N)c45)c(Cl)cc23)[C@@H](C)C1. The molecular formula is C61H57ClF4N10O8S. The Morgan fingerprint density at radius 3 is 2.64 bits per heavy atom. The molecule has 85 heavy (non-hydrogen) atoms. The maximum absolute atomic E-state index is 17.5. The summed E-state index contributed by atoms with van der Waals surface area (Å²) in [5.74, 6) is -3.38. The number of nitriles is 1. The number of benzene rings is 3. The number of anilines is 2. The van der Waals surface area contributed by atoms with Gasteiger partial charge in [-0.25, -0.2) is 32.1 Å². The van der Waals surface area contributed by atoms with Crippen LogP contribution in [0.25, 0.3) is 54.4 Å². The third kappa shape index (κ3) is 8.78. The number of nitrogen functional groups attached to an aromatic ring is 1. The van der Waals surface area contributed by atoms with Gasteiger partial charge in [-0.15, -0.1) is 11.3 Å². The first-order valence-corrected chi connectivity index (χ1v) is 29.4. The molecule has 5 atom stereocenters. The van der Waals surface area contributed by atoms with E-state index in [-0.39, 0.29) is 147 Å². The molecule has 1 aliphatic carbocycles. The average molecular weight is 1200 g/mol. The number of hydrogen-bond donors (Lipinski definition) is 2. The Hall–Kier alpha value is -7.91. The monoisotopic (exact) mass is 1200 g/mol. The zero-order valence-corrected chi connectivity index (χ0v) is 48.4. The van der Waals surface area contributed by atoms with Crippen LogP contribution in [0.2, 0.25) is 5.02 Å². The highest BCUT2D eigenvalue weighted by atomic mass is 35.5. The van der Waals surface area contributed by atoms with E-state index in [4.69, 9.17) is 41.5 Å². The van der Waals surface area contributed by atoms with E-state index >= 15 is 13.2 Å². The van der Waals surface area contributed by atoms with Crippen LogP contribution >= 0.6 is 22.9 Å². The van der Waals surface area contributed by atoms with Crippen molar-refractivity contribution in [3.63, 3.8) is 0 Å². The number of nitrogens with zero attached hydrogens (tertiary/aromatic N) is 9. The van der Waals surface area contributed by atoms with Gasteiger partial charge in [-0.05, 0) is 92.9 Å². The molecule has 7 aromatic rings. The van der Waals surface area contributed by atoms with Crippen LogP contribution in [-0.2, 0) is 44.2 Å². The summed E-state index contributed by atoms with van der Waals surface area (Å²) in [6.45, 7) is 10.2. The van der Waals surface area contributed by atoms with E-state index in [2.05, 4.69) is 16.5 Å². The van der Waals surface area contributed by atoms with Crippen molar-refractivity contribution >= 4 is 83.6 Å². The van der Waals surface area contributed by atoms with Crippen molar-refractivity contribution < 1.29 is 51.3 Å². The molecule has 5 aliphatic heterocycles. The summed E-state index contributed by atoms with van der Waals surface area (Å²) in [7, 11) is 1.57. The van der Waals surface area contributed by atoms with Gasteiger partial charge < -0.3 is 44.3 Å². The predicted molar refractivity (Wildman–Crippen MR) is 310 cm³/mol. The van der Waals surface area contributed by atoms with Crippen LogP contribution < -0.4 is 20.9 Å². The van der Waals surface area contributed by atoms with Crippen molar-refractivity contribution in [2.75, 3.05) is 70.2 Å². The van der Waals surface area contributed by atoms with Gasteiger partial charge in [-0.3, -0.25) is 14.5 Å². The van der Waals surface area contributed by atoms with E-state index in [1.54, 1.807) is 31.9 Å². The van der Waals surface area contributed by atoms with Crippen LogP contribution in [0.5, 0.6) is 6.01 Å². The molecule has 13 rings (SSSR count). The molecule has 2 amide bonds. The summed E-state index contributed by atoms with van der Waals surface area (Å²) in [5, 5.41) is 22.6. The van der Waals surface area contributed by atoms with E-state index in [1.165, 1.54) is 27.7 Å². The molecule has 4 aromatic heterocycles. The Kier molecular flexibility index (Phi) is 13.7. The van der Waals surface area contributed by atoms with Gasteiger partial charge in [0.25, 0.3) is 11.5 Å². The number of aliphatic hydroxyl groups is 1. The molecule has 3 saturated heterocycles. The lowest BCUT2D eigenvalue weighted by atomic mass is 9.78. The number of alkyl halides is 1. The van der Waals surface area contributed by atoms with Gasteiger partial charge in [0, 0.05) is 103 Å². The minimum absolute atomic E-state index is 0.00212. The number of amides is 2. The largest absolute Gasteiger partial charge is 0.461 e. The summed E-state index contributed by atoms with van der Waals surface area (Å²) >= 11 is 7.86. The number of cyclic esters (lactones) is 1. The number of likely N-dealkylation sites (N-methyl/N-ethyl adjacent to an activating group) is 1. The topological polar surface area (TPSA) is 223 Å². The number of rotatable bonds is 11. The van der Waals surface area contributed by atoms with Crippen LogP contribution in [-0.4, -0.2) is 135 Å². The van der Waals surface area contributed by atoms with Gasteiger partial charge in [0.05, 0.1) is 49.8 Å². The van der Waals surface area contributed by atoms with Crippen molar-refractivity contribution in [3.8, 4) is 34.6 Å². The number of esters is 1. The number of halogens is 5. The van der Waals surface area contributed by atoms with Gasteiger partial charge in [0.15, 0.2) is 11.4 Å². The van der Waals surface area contributed by atoms with Crippen LogP contribution in [0, 0.1) is 35.7 Å². The number of carbonyl (C=O) groups excluding carboxylic acids is 3. The number of aromatic nitrogens is 4. The highest BCUT2D eigenvalue weighted by Gasteiger charge is 2.50. The van der Waals surface area contributed by atoms with E-state index in [0.717, 1.165) is 40.3 Å². The van der Waals surface area contributed by atoms with Crippen LogP contribution in [0.15, 0.2) is 47.3 Å². The van der Waals surface area contributed by atoms with Gasteiger partial charge in [0.1, 0.15) is 60.0 Å². The molecule has 3 aromatic carbocycles. The number of carbonyl (C=O) groups is 3. The zero-order valence-electron chi connectivity index (χ0n) is 46.8. The van der Waals surface area contributed by atoms with Crippen molar-refractivity contribution in [1.29, 1.82) is 5.26 Å². The summed E-state index contributed by atoms with van der Waals surface area (Å²) in [6.07, 6.45) is 0.982. The minimum Gasteiger partial charge on any atom is -0.461 e. The summed E-state index contributed by atoms with van der Waals surface area (Å²) in [5.41, 5.74) is 7.08. The number of piperazine rings is 1. The second-order valence-corrected chi connectivity index (χ2v) is 24.7. The fourth-order valence-corrected chi connectivity index (χ4v) is 15.3. The van der Waals surface area contributed by atoms with Gasteiger partial charge >= 0.3 is 18.1 Å². The standard InChI is InChI=1S/C61H57ClF4N10O8S/c1-6-61(81)39-17-44-50-37(24-76(44)56(78)38(39)26-82-57(61)79)45-31(8-9-33-30(4)42(65)18-43(69-50)48(33)45)22-72(5)59(80)83-25-28(2)55(77)73-14-15-75(29(3)21-73)54-35-16-40(62)47(34-10-11-41(64)52-46(34)36(20-67)53(68)85-52)49(66)51(35)70-58(71-54)84-27-60-12-7-13-74(60)23-32(63)19-60/h10-11,16-18,29,31-32,81H,2,6-9,12-15,19,21-27,68H2,1,3-5H3/t29-,31?,32+,60-,61-/m0/s1. The fraction of sp³-hybridized carbons (Fsp3) is 0.410. The zero-order chi connectivity index (χ0) is 59.9. The first-order valence-electron chi connectivity index (χ1n) is 28.2. The maximum Gasteiger partial charge on any atom is 0.409 e. The van der Waals surface area contributed by atoms with Gasteiger partial charge in [-0.2, -0.15) is 15.2 Å². The first kappa shape index (κ1) is 56.2. The molecular weight excluding hydrogens is 1140 g/mol. The normalized spacial score (nSPS) is 22.3. The molecule has 440 valence electrons. The van der Waals surface area contributed by atoms with E-state index in [0.29, 0.717) is 53.8 Å². The molecule has 1 unspecified atom stereocenters. The van der Waals surface area contributed by atoms with E-state index in [9.17, 15) is 33.9 Å². The second-order valence-electron chi connectivity index (χ2n) is 23.3. The summed E-state index contributed by atoms with van der Waals surface area (Å²) in [4.78, 5) is 76.4. The Balaban J connectivity index is 0.734. The maximum atomic E-state index is 17.5. The summed E-state index contributed by atoms with van der Waals surface area (Å²) in [6, 6.07) is 8.35. The van der Waals surface area contributed by atoms with Crippen LogP contribution in [0.4, 0.5) is 33.2 Å². The number of hydrogen-bond acceptors (Lipinski definition) is 16. The molecule has 3 N–H and O–H groups in total. The Labute approximate surface area is 492 Å². The van der Waals surface area contributed by atoms with Gasteiger partial charge in [0.2, 0.25) is 0 Å². The molecule has 18 nitrogen and oxygen atoms in total. The molecule has 0 bridgehead atoms. The molecule has 0 spiro atoms. The lowest BCUT2D eigenvalue weighted by Gasteiger charge is -2.41. The number of fused-ring (bicyclic) bond motifs is 8. The molecule has 0 saturated carbocycles. The smallest absolute Gasteiger partial charge is 0.409 e. The Morgan fingerprint density at radius 1 is 1.07 bits per heavy atom. The van der Waals surface area contributed by atoms with Crippen LogP contribution in [0.1, 0.15) is 90.8 Å². The average Bonchev–Trinajstić information content (AvgIpc) is 1.75. The number of aryl methyl sites for hydroxylation is 1. The lowest BCUT2D eigenvalue weighted by molar-refractivity contribution is -0.172. The van der Waals surface area contributed by atoms with Crippen molar-refractivity contribution in [3.05, 3.63) is 114 Å². The Morgan fingerprint density at radius 2 is 1.87 bits per heavy atom. The van der Waals surface area contributed by atoms with E-state index < -0.39 is 70.9 Å². The number of ether oxygens (including phenoxy) is 3. The Bertz CT molecular complexity index is 4230. The molecule has 0 radical (unpaired) electrons. The van der Waals surface area contributed by atoms with Crippen molar-refractivity contribution in [1.82, 2.24) is 34.2 Å². The van der Waals surface area contributed by atoms with Gasteiger partial charge in [-0.1, -0.05) is 31.2 Å². The van der Waals surface area contributed by atoms with E-state index in [1.807, 2.05) is 17.9 Å². The van der Waals surface area contributed by atoms with Crippen molar-refractivity contribution in [2.24, 2.45) is 0 Å².